The third-order valence-corrected chi connectivity index (χ3v) is 4.00. The van der Waals surface area contributed by atoms with Gasteiger partial charge >= 0.3 is 18.2 Å². The fourth-order valence-corrected chi connectivity index (χ4v) is 2.32. The fraction of sp³-hybridized carbons (Fsp3) is 0.846. The van der Waals surface area contributed by atoms with Gasteiger partial charge in [0.1, 0.15) is 6.04 Å². The van der Waals surface area contributed by atoms with Gasteiger partial charge in [-0.15, -0.1) is 0 Å². The predicted molar refractivity (Wildman–Crippen MR) is 69.8 cm³/mol. The summed E-state index contributed by atoms with van der Waals surface area (Å²) >= 11 is 0. The maximum Gasteiger partial charge on any atom is 0.391 e. The van der Waals surface area contributed by atoms with Crippen LogP contribution in [0.2, 0.25) is 0 Å². The van der Waals surface area contributed by atoms with E-state index in [0.717, 1.165) is 0 Å². The molecule has 1 saturated heterocycles. The van der Waals surface area contributed by atoms with Crippen molar-refractivity contribution < 1.29 is 27.9 Å². The standard InChI is InChI=1S/C13H21F3N2O3/c1-3-8(2)10(11(19)20)17-12(21)18-6-4-9(5-7-18)13(14,15)16/h8-10H,3-7H2,1-2H3,(H,17,21)(H,19,20). The molecule has 5 nitrogen and oxygen atoms in total. The second-order valence-corrected chi connectivity index (χ2v) is 5.45. The van der Waals surface area contributed by atoms with E-state index in [0.29, 0.717) is 6.42 Å². The average Bonchev–Trinajstić information content (AvgIpc) is 2.42. The van der Waals surface area contributed by atoms with E-state index < -0.39 is 30.1 Å². The Morgan fingerprint density at radius 3 is 2.24 bits per heavy atom. The summed E-state index contributed by atoms with van der Waals surface area (Å²) in [6, 6.07) is -1.63. The maximum atomic E-state index is 12.5. The van der Waals surface area contributed by atoms with Crippen molar-refractivity contribution in [3.63, 3.8) is 0 Å². The Morgan fingerprint density at radius 2 is 1.86 bits per heavy atom. The Bertz CT molecular complexity index is 379. The highest BCUT2D eigenvalue weighted by atomic mass is 19.4. The van der Waals surface area contributed by atoms with Crippen molar-refractivity contribution in [2.24, 2.45) is 11.8 Å². The smallest absolute Gasteiger partial charge is 0.391 e. The number of carboxylic acid groups (broad SMARTS) is 1. The number of alkyl halides is 3. The van der Waals surface area contributed by atoms with Gasteiger partial charge in [-0.25, -0.2) is 9.59 Å². The summed E-state index contributed by atoms with van der Waals surface area (Å²) in [6.07, 6.45) is -3.94. The SMILES string of the molecule is CCC(C)C(NC(=O)N1CCC(C(F)(F)F)CC1)C(=O)O. The molecule has 21 heavy (non-hydrogen) atoms. The minimum atomic E-state index is -4.23. The topological polar surface area (TPSA) is 69.6 Å². The maximum absolute atomic E-state index is 12.5. The van der Waals surface area contributed by atoms with E-state index in [1.54, 1.807) is 6.92 Å². The summed E-state index contributed by atoms with van der Waals surface area (Å²) in [5.41, 5.74) is 0. The van der Waals surface area contributed by atoms with Gasteiger partial charge in [0, 0.05) is 13.1 Å². The Hall–Kier alpha value is -1.47. The van der Waals surface area contributed by atoms with Gasteiger partial charge in [-0.3, -0.25) is 0 Å². The lowest BCUT2D eigenvalue weighted by atomic mass is 9.96. The molecule has 0 spiro atoms. The first-order valence-electron chi connectivity index (χ1n) is 7.01. The lowest BCUT2D eigenvalue weighted by Crippen LogP contribution is -2.53. The number of carbonyl (C=O) groups excluding carboxylic acids is 1. The van der Waals surface area contributed by atoms with Crippen molar-refractivity contribution in [2.45, 2.75) is 45.3 Å². The van der Waals surface area contributed by atoms with Crippen LogP contribution in [0.25, 0.3) is 0 Å². The molecule has 1 aliphatic heterocycles. The van der Waals surface area contributed by atoms with Crippen molar-refractivity contribution in [3.05, 3.63) is 0 Å². The summed E-state index contributed by atoms with van der Waals surface area (Å²) in [4.78, 5) is 24.3. The first-order chi connectivity index (χ1) is 9.66. The third-order valence-electron chi connectivity index (χ3n) is 4.00. The molecule has 1 aliphatic rings. The number of rotatable bonds is 4. The summed E-state index contributed by atoms with van der Waals surface area (Å²) < 4.78 is 37.6. The van der Waals surface area contributed by atoms with Crippen molar-refractivity contribution in [1.82, 2.24) is 10.2 Å². The highest BCUT2D eigenvalue weighted by Crippen LogP contribution is 2.34. The van der Waals surface area contributed by atoms with E-state index in [-0.39, 0.29) is 31.8 Å². The van der Waals surface area contributed by atoms with Crippen LogP contribution in [0, 0.1) is 11.8 Å². The molecule has 0 radical (unpaired) electrons. The van der Waals surface area contributed by atoms with E-state index in [9.17, 15) is 22.8 Å². The zero-order chi connectivity index (χ0) is 16.2. The van der Waals surface area contributed by atoms with Crippen molar-refractivity contribution in [1.29, 1.82) is 0 Å². The van der Waals surface area contributed by atoms with Gasteiger partial charge < -0.3 is 15.3 Å². The van der Waals surface area contributed by atoms with E-state index >= 15 is 0 Å². The van der Waals surface area contributed by atoms with Crippen LogP contribution in [0.5, 0.6) is 0 Å². The highest BCUT2D eigenvalue weighted by Gasteiger charge is 2.42. The molecule has 1 heterocycles. The number of likely N-dealkylation sites (tertiary alicyclic amines) is 1. The van der Waals surface area contributed by atoms with Crippen LogP contribution < -0.4 is 5.32 Å². The number of piperidine rings is 1. The minimum absolute atomic E-state index is 0.0111. The number of carboxylic acids is 1. The van der Waals surface area contributed by atoms with Gasteiger partial charge in [-0.2, -0.15) is 13.2 Å². The van der Waals surface area contributed by atoms with E-state index in [1.807, 2.05) is 6.92 Å². The monoisotopic (exact) mass is 310 g/mol. The molecule has 2 unspecified atom stereocenters. The van der Waals surface area contributed by atoms with Crippen LogP contribution in [0.3, 0.4) is 0 Å². The summed E-state index contributed by atoms with van der Waals surface area (Å²) in [5, 5.41) is 11.5. The molecule has 2 amide bonds. The number of hydrogen-bond donors (Lipinski definition) is 2. The second kappa shape index (κ2) is 7.00. The number of halogens is 3. The lowest BCUT2D eigenvalue weighted by molar-refractivity contribution is -0.183. The van der Waals surface area contributed by atoms with E-state index in [4.69, 9.17) is 5.11 Å². The number of urea groups is 1. The number of hydrogen-bond acceptors (Lipinski definition) is 2. The first kappa shape index (κ1) is 17.6. The molecule has 2 atom stereocenters. The Morgan fingerprint density at radius 1 is 1.33 bits per heavy atom. The van der Waals surface area contributed by atoms with Crippen molar-refractivity contribution >= 4 is 12.0 Å². The summed E-state index contributed by atoms with van der Waals surface area (Å²) in [6.45, 7) is 3.49. The summed E-state index contributed by atoms with van der Waals surface area (Å²) in [7, 11) is 0. The van der Waals surface area contributed by atoms with Gasteiger partial charge in [-0.05, 0) is 18.8 Å². The molecule has 0 saturated carbocycles. The van der Waals surface area contributed by atoms with Crippen LogP contribution >= 0.6 is 0 Å². The van der Waals surface area contributed by atoms with Crippen molar-refractivity contribution in [3.8, 4) is 0 Å². The average molecular weight is 310 g/mol. The zero-order valence-electron chi connectivity index (χ0n) is 12.1. The summed E-state index contributed by atoms with van der Waals surface area (Å²) in [5.74, 6) is -2.77. The molecular formula is C13H21F3N2O3. The quantitative estimate of drug-likeness (QED) is 0.838. The first-order valence-corrected chi connectivity index (χ1v) is 7.01. The van der Waals surface area contributed by atoms with Gasteiger partial charge in [0.15, 0.2) is 0 Å². The van der Waals surface area contributed by atoms with Crippen LogP contribution in [0.4, 0.5) is 18.0 Å². The minimum Gasteiger partial charge on any atom is -0.480 e. The molecule has 0 aliphatic carbocycles. The van der Waals surface area contributed by atoms with Crippen LogP contribution in [-0.4, -0.2) is 47.3 Å². The molecule has 0 aromatic heterocycles. The molecule has 1 rings (SSSR count). The number of carbonyl (C=O) groups is 2. The Labute approximate surface area is 121 Å². The van der Waals surface area contributed by atoms with E-state index in [1.165, 1.54) is 4.90 Å². The van der Waals surface area contributed by atoms with Crippen molar-refractivity contribution in [2.75, 3.05) is 13.1 Å². The molecule has 2 N–H and O–H groups in total. The Kier molecular flexibility index (Phi) is 5.86. The van der Waals surface area contributed by atoms with Crippen LogP contribution in [0.15, 0.2) is 0 Å². The molecule has 1 fully saturated rings. The number of nitrogens with one attached hydrogen (secondary N) is 1. The highest BCUT2D eigenvalue weighted by molar-refractivity contribution is 5.82. The zero-order valence-corrected chi connectivity index (χ0v) is 12.1. The van der Waals surface area contributed by atoms with Gasteiger partial charge in [-0.1, -0.05) is 20.3 Å². The van der Waals surface area contributed by atoms with E-state index in [2.05, 4.69) is 5.32 Å². The second-order valence-electron chi connectivity index (χ2n) is 5.45. The van der Waals surface area contributed by atoms with Gasteiger partial charge in [0.25, 0.3) is 0 Å². The molecular weight excluding hydrogens is 289 g/mol. The lowest BCUT2D eigenvalue weighted by Gasteiger charge is -2.34. The molecule has 0 bridgehead atoms. The normalized spacial score (nSPS) is 20.0. The molecule has 0 aromatic carbocycles. The third kappa shape index (κ3) is 4.78. The molecule has 0 aromatic rings. The number of amides is 2. The van der Waals surface area contributed by atoms with Crippen LogP contribution in [0.1, 0.15) is 33.1 Å². The van der Waals surface area contributed by atoms with Crippen LogP contribution in [-0.2, 0) is 4.79 Å². The fourth-order valence-electron chi connectivity index (χ4n) is 2.32. The number of nitrogens with zero attached hydrogens (tertiary/aromatic N) is 1. The Balaban J connectivity index is 2.55. The largest absolute Gasteiger partial charge is 0.480 e. The predicted octanol–water partition coefficient (Wildman–Crippen LogP) is 2.47. The van der Waals surface area contributed by atoms with Gasteiger partial charge in [0.2, 0.25) is 0 Å². The molecule has 122 valence electrons. The van der Waals surface area contributed by atoms with Gasteiger partial charge in [0.05, 0.1) is 5.92 Å². The number of aliphatic carboxylic acids is 1. The molecule has 8 heteroatoms.